The van der Waals surface area contributed by atoms with Crippen LogP contribution in [-0.4, -0.2) is 37.8 Å². The second kappa shape index (κ2) is 8.86. The molecular weight excluding hydrogens is 492 g/mol. The zero-order valence-corrected chi connectivity index (χ0v) is 20.1. The first-order valence-corrected chi connectivity index (χ1v) is 12.9. The molecule has 4 aromatic rings. The Kier molecular flexibility index (Phi) is 5.86. The SMILES string of the molecule is CN1CCc2ccc(-c3ccc(-c4cncc(NS(=O)(=O)c5ccc(F)cc5F)c4)s3)cc2C1=O. The number of nitrogens with zero attached hydrogens (tertiary/aromatic N) is 2. The number of hydrogen-bond donors (Lipinski definition) is 1. The number of carbonyl (C=O) groups is 1. The number of hydrogen-bond acceptors (Lipinski definition) is 5. The Labute approximate surface area is 204 Å². The van der Waals surface area contributed by atoms with Crippen LogP contribution >= 0.6 is 11.3 Å². The zero-order valence-electron chi connectivity index (χ0n) is 18.5. The Morgan fingerprint density at radius 1 is 0.971 bits per heavy atom. The highest BCUT2D eigenvalue weighted by atomic mass is 32.2. The number of carbonyl (C=O) groups excluding carboxylic acids is 1. The average molecular weight is 512 g/mol. The van der Waals surface area contributed by atoms with Gasteiger partial charge in [-0.3, -0.25) is 14.5 Å². The van der Waals surface area contributed by atoms with Crippen LogP contribution in [0.15, 0.2) is 71.9 Å². The third-order valence-corrected chi connectivity index (χ3v) is 8.35. The highest BCUT2D eigenvalue weighted by Crippen LogP contribution is 2.36. The van der Waals surface area contributed by atoms with Crippen LogP contribution in [0.25, 0.3) is 20.9 Å². The van der Waals surface area contributed by atoms with Crippen molar-refractivity contribution in [3.8, 4) is 20.9 Å². The second-order valence-electron chi connectivity index (χ2n) is 8.16. The Bertz CT molecular complexity index is 1570. The molecule has 35 heavy (non-hydrogen) atoms. The molecule has 2 aromatic heterocycles. The molecule has 5 rings (SSSR count). The number of halogens is 2. The van der Waals surface area contributed by atoms with Gasteiger partial charge in [-0.2, -0.15) is 0 Å². The lowest BCUT2D eigenvalue weighted by Gasteiger charge is -2.25. The number of aromatic nitrogens is 1. The van der Waals surface area contributed by atoms with Gasteiger partial charge in [0, 0.05) is 46.7 Å². The van der Waals surface area contributed by atoms with E-state index in [2.05, 4.69) is 9.71 Å². The molecule has 3 heterocycles. The van der Waals surface area contributed by atoms with Crippen LogP contribution in [0.4, 0.5) is 14.5 Å². The van der Waals surface area contributed by atoms with Crippen LogP contribution in [0, 0.1) is 11.6 Å². The van der Waals surface area contributed by atoms with E-state index >= 15 is 0 Å². The lowest BCUT2D eigenvalue weighted by Crippen LogP contribution is -2.34. The molecule has 0 bridgehead atoms. The van der Waals surface area contributed by atoms with E-state index in [-0.39, 0.29) is 11.6 Å². The highest BCUT2D eigenvalue weighted by Gasteiger charge is 2.23. The molecule has 1 aliphatic heterocycles. The Morgan fingerprint density at radius 2 is 1.74 bits per heavy atom. The maximum Gasteiger partial charge on any atom is 0.264 e. The second-order valence-corrected chi connectivity index (χ2v) is 10.9. The van der Waals surface area contributed by atoms with Crippen molar-refractivity contribution in [1.82, 2.24) is 9.88 Å². The smallest absolute Gasteiger partial charge is 0.264 e. The van der Waals surface area contributed by atoms with Crippen LogP contribution in [0.3, 0.4) is 0 Å². The molecule has 0 aliphatic carbocycles. The molecule has 0 saturated carbocycles. The molecule has 0 saturated heterocycles. The summed E-state index contributed by atoms with van der Waals surface area (Å²) < 4.78 is 54.7. The minimum absolute atomic E-state index is 0.00616. The van der Waals surface area contributed by atoms with Gasteiger partial charge in [0.1, 0.15) is 16.5 Å². The summed E-state index contributed by atoms with van der Waals surface area (Å²) in [4.78, 5) is 19.5. The van der Waals surface area contributed by atoms with Crippen molar-refractivity contribution in [2.45, 2.75) is 11.3 Å². The molecule has 0 radical (unpaired) electrons. The van der Waals surface area contributed by atoms with E-state index < -0.39 is 26.6 Å². The van der Waals surface area contributed by atoms with Crippen molar-refractivity contribution in [2.75, 3.05) is 18.3 Å². The normalized spacial score (nSPS) is 13.6. The molecule has 6 nitrogen and oxygen atoms in total. The van der Waals surface area contributed by atoms with E-state index in [4.69, 9.17) is 0 Å². The molecule has 1 aliphatic rings. The van der Waals surface area contributed by atoms with Crippen molar-refractivity contribution < 1.29 is 22.0 Å². The predicted octanol–water partition coefficient (Wildman–Crippen LogP) is 5.18. The van der Waals surface area contributed by atoms with E-state index in [1.54, 1.807) is 24.2 Å². The number of likely N-dealkylation sites (N-methyl/N-ethyl adjacent to an activating group) is 1. The summed E-state index contributed by atoms with van der Waals surface area (Å²) in [6, 6.07) is 13.6. The Balaban J connectivity index is 1.41. The molecular formula is C25H19F2N3O3S2. The summed E-state index contributed by atoms with van der Waals surface area (Å²) in [6.07, 6.45) is 3.73. The lowest BCUT2D eigenvalue weighted by molar-refractivity contribution is 0.0781. The van der Waals surface area contributed by atoms with Gasteiger partial charge in [0.05, 0.1) is 11.9 Å². The molecule has 1 amide bonds. The van der Waals surface area contributed by atoms with Gasteiger partial charge < -0.3 is 4.90 Å². The molecule has 2 aromatic carbocycles. The Hall–Kier alpha value is -3.63. The van der Waals surface area contributed by atoms with Crippen molar-refractivity contribution in [3.63, 3.8) is 0 Å². The number of pyridine rings is 1. The lowest BCUT2D eigenvalue weighted by atomic mass is 9.96. The van der Waals surface area contributed by atoms with Crippen LogP contribution in [0.2, 0.25) is 0 Å². The molecule has 0 fully saturated rings. The fourth-order valence-corrected chi connectivity index (χ4v) is 6.00. The van der Waals surface area contributed by atoms with Crippen molar-refractivity contribution in [2.24, 2.45) is 0 Å². The number of rotatable bonds is 5. The van der Waals surface area contributed by atoms with E-state index in [0.29, 0.717) is 23.7 Å². The van der Waals surface area contributed by atoms with Gasteiger partial charge in [0.2, 0.25) is 0 Å². The molecule has 0 unspecified atom stereocenters. The van der Waals surface area contributed by atoms with Crippen LogP contribution in [0.1, 0.15) is 15.9 Å². The number of thiophene rings is 1. The summed E-state index contributed by atoms with van der Waals surface area (Å²) in [5.74, 6) is -2.04. The summed E-state index contributed by atoms with van der Waals surface area (Å²) in [5, 5.41) is 0. The molecule has 10 heteroatoms. The largest absolute Gasteiger partial charge is 0.341 e. The van der Waals surface area contributed by atoms with Crippen molar-refractivity contribution in [3.05, 3.63) is 89.8 Å². The summed E-state index contributed by atoms with van der Waals surface area (Å²) >= 11 is 1.48. The standard InChI is InChI=1S/C25H19F2N3O3S2/c1-30-9-8-15-2-3-16(11-20(15)25(30)31)22-5-6-23(34-22)17-10-19(14-28-13-17)29-35(32,33)24-7-4-18(26)12-21(24)27/h2-7,10-14,29H,8-9H2,1H3. The fraction of sp³-hybridized carbons (Fsp3) is 0.120. The van der Waals surface area contributed by atoms with Crippen LogP contribution in [0.5, 0.6) is 0 Å². The maximum absolute atomic E-state index is 14.0. The minimum atomic E-state index is -4.28. The number of sulfonamides is 1. The third kappa shape index (κ3) is 4.54. The number of nitrogens with one attached hydrogen (secondary N) is 1. The number of benzene rings is 2. The fourth-order valence-electron chi connectivity index (χ4n) is 3.92. The monoisotopic (exact) mass is 511 g/mol. The van der Waals surface area contributed by atoms with Crippen LogP contribution < -0.4 is 4.72 Å². The summed E-state index contributed by atoms with van der Waals surface area (Å²) in [7, 11) is -2.49. The highest BCUT2D eigenvalue weighted by molar-refractivity contribution is 7.92. The van der Waals surface area contributed by atoms with Gasteiger partial charge in [-0.05, 0) is 53.9 Å². The number of fused-ring (bicyclic) bond motifs is 1. The topological polar surface area (TPSA) is 79.4 Å². The minimum Gasteiger partial charge on any atom is -0.341 e. The van der Waals surface area contributed by atoms with Gasteiger partial charge in [-0.1, -0.05) is 12.1 Å². The van der Waals surface area contributed by atoms with Gasteiger partial charge >= 0.3 is 0 Å². The van der Waals surface area contributed by atoms with Gasteiger partial charge in [-0.25, -0.2) is 17.2 Å². The van der Waals surface area contributed by atoms with Gasteiger partial charge in [0.15, 0.2) is 0 Å². The van der Waals surface area contributed by atoms with Crippen LogP contribution in [-0.2, 0) is 16.4 Å². The first kappa shape index (κ1) is 23.1. The molecule has 1 N–H and O–H groups in total. The molecule has 0 atom stereocenters. The van der Waals surface area contributed by atoms with E-state index in [0.717, 1.165) is 39.4 Å². The van der Waals surface area contributed by atoms with Crippen molar-refractivity contribution >= 4 is 33.0 Å². The quantitative estimate of drug-likeness (QED) is 0.400. The van der Waals surface area contributed by atoms with E-state index in [1.165, 1.54) is 17.5 Å². The van der Waals surface area contributed by atoms with Gasteiger partial charge in [0.25, 0.3) is 15.9 Å². The first-order valence-electron chi connectivity index (χ1n) is 10.6. The average Bonchev–Trinajstić information content (AvgIpc) is 3.31. The Morgan fingerprint density at radius 3 is 2.51 bits per heavy atom. The van der Waals surface area contributed by atoms with E-state index in [1.807, 2.05) is 30.3 Å². The molecule has 0 spiro atoms. The van der Waals surface area contributed by atoms with E-state index in [9.17, 15) is 22.0 Å². The van der Waals surface area contributed by atoms with Crippen molar-refractivity contribution in [1.29, 1.82) is 0 Å². The van der Waals surface area contributed by atoms with Gasteiger partial charge in [-0.15, -0.1) is 11.3 Å². The summed E-state index contributed by atoms with van der Waals surface area (Å²) in [6.45, 7) is 0.704. The molecule has 178 valence electrons. The maximum atomic E-state index is 14.0. The zero-order chi connectivity index (χ0) is 24.7. The number of amides is 1. The summed E-state index contributed by atoms with van der Waals surface area (Å²) in [5.41, 5.74) is 3.46. The first-order chi connectivity index (χ1) is 16.7. The predicted molar refractivity (Wildman–Crippen MR) is 131 cm³/mol. The number of anilines is 1. The third-order valence-electron chi connectivity index (χ3n) is 5.75.